The van der Waals surface area contributed by atoms with Crippen LogP contribution >= 0.6 is 0 Å². The van der Waals surface area contributed by atoms with E-state index in [1.165, 1.54) is 6.20 Å². The first-order valence-electron chi connectivity index (χ1n) is 9.48. The van der Waals surface area contributed by atoms with Gasteiger partial charge in [-0.15, -0.1) is 0 Å². The second-order valence-electron chi connectivity index (χ2n) is 7.09. The highest BCUT2D eigenvalue weighted by molar-refractivity contribution is 6.33. The first-order valence-corrected chi connectivity index (χ1v) is 9.48. The summed E-state index contributed by atoms with van der Waals surface area (Å²) in [5.74, 6) is -2.41. The van der Waals surface area contributed by atoms with E-state index in [0.717, 1.165) is 9.80 Å². The standard InChI is InChI=1S/C22H14N4O5/c27-17(9-10-25-18(28)12-5-1-2-6-13(12)19(25)29)16-11-23-22(24-16)26-20(30)14-7-3-4-8-15(14)21(26)31/h1-8,11H,9-10H2,(H,23,24). The van der Waals surface area contributed by atoms with Crippen LogP contribution in [0.25, 0.3) is 0 Å². The summed E-state index contributed by atoms with van der Waals surface area (Å²) in [6.07, 6.45) is 1.10. The van der Waals surface area contributed by atoms with Crippen molar-refractivity contribution in [2.75, 3.05) is 11.4 Å². The summed E-state index contributed by atoms with van der Waals surface area (Å²) in [7, 11) is 0. The Morgan fingerprint density at radius 1 is 0.774 bits per heavy atom. The van der Waals surface area contributed by atoms with Crippen molar-refractivity contribution in [1.82, 2.24) is 14.9 Å². The zero-order chi connectivity index (χ0) is 21.7. The average Bonchev–Trinajstić information content (AvgIpc) is 3.43. The molecule has 0 fully saturated rings. The smallest absolute Gasteiger partial charge is 0.268 e. The zero-order valence-electron chi connectivity index (χ0n) is 16.0. The van der Waals surface area contributed by atoms with Gasteiger partial charge in [0.05, 0.1) is 28.5 Å². The number of carbonyl (C=O) groups is 5. The second kappa shape index (κ2) is 6.84. The van der Waals surface area contributed by atoms with E-state index < -0.39 is 29.4 Å². The molecular formula is C22H14N4O5. The summed E-state index contributed by atoms with van der Waals surface area (Å²) >= 11 is 0. The molecule has 0 radical (unpaired) electrons. The minimum absolute atomic E-state index is 0.0599. The van der Waals surface area contributed by atoms with Gasteiger partial charge >= 0.3 is 0 Å². The molecule has 0 aliphatic carbocycles. The number of imide groups is 2. The lowest BCUT2D eigenvalue weighted by Gasteiger charge is -2.12. The number of Topliss-reactive ketones (excluding diaryl/α,β-unsaturated/α-hetero) is 1. The number of hydrogen-bond donors (Lipinski definition) is 1. The molecule has 5 rings (SSSR count). The molecule has 0 saturated carbocycles. The molecule has 0 unspecified atom stereocenters. The summed E-state index contributed by atoms with van der Waals surface area (Å²) < 4.78 is 0. The van der Waals surface area contributed by atoms with Crippen LogP contribution in [0.1, 0.15) is 58.3 Å². The number of aromatic nitrogens is 2. The molecular weight excluding hydrogens is 400 g/mol. The molecule has 31 heavy (non-hydrogen) atoms. The number of carbonyl (C=O) groups excluding carboxylic acids is 5. The monoisotopic (exact) mass is 414 g/mol. The van der Waals surface area contributed by atoms with E-state index in [2.05, 4.69) is 9.97 Å². The van der Waals surface area contributed by atoms with Crippen LogP contribution in [0.15, 0.2) is 54.7 Å². The number of rotatable bonds is 5. The molecule has 4 amide bonds. The zero-order valence-corrected chi connectivity index (χ0v) is 16.0. The molecule has 0 atom stereocenters. The third-order valence-electron chi connectivity index (χ3n) is 5.31. The Morgan fingerprint density at radius 3 is 1.77 bits per heavy atom. The molecule has 2 aliphatic rings. The third kappa shape index (κ3) is 2.78. The maximum Gasteiger partial charge on any atom is 0.268 e. The molecule has 0 saturated heterocycles. The molecule has 0 spiro atoms. The largest absolute Gasteiger partial charge is 0.321 e. The van der Waals surface area contributed by atoms with Crippen molar-refractivity contribution in [2.24, 2.45) is 0 Å². The van der Waals surface area contributed by atoms with E-state index in [1.807, 2.05) is 0 Å². The predicted octanol–water partition coefficient (Wildman–Crippen LogP) is 2.08. The first kappa shape index (κ1) is 18.6. The molecule has 1 aromatic heterocycles. The molecule has 2 aromatic carbocycles. The predicted molar refractivity (Wildman–Crippen MR) is 107 cm³/mol. The van der Waals surface area contributed by atoms with Crippen molar-refractivity contribution in [3.8, 4) is 0 Å². The number of amides is 4. The quantitative estimate of drug-likeness (QED) is 0.504. The number of nitrogens with one attached hydrogen (secondary N) is 1. The van der Waals surface area contributed by atoms with Crippen LogP contribution in [0, 0.1) is 0 Å². The Labute approximate surface area is 175 Å². The van der Waals surface area contributed by atoms with Gasteiger partial charge in [-0.05, 0) is 24.3 Å². The van der Waals surface area contributed by atoms with Gasteiger partial charge in [-0.2, -0.15) is 0 Å². The Morgan fingerprint density at radius 2 is 1.26 bits per heavy atom. The van der Waals surface area contributed by atoms with Crippen LogP contribution in [0.3, 0.4) is 0 Å². The third-order valence-corrected chi connectivity index (χ3v) is 5.31. The van der Waals surface area contributed by atoms with E-state index in [0.29, 0.717) is 11.1 Å². The number of aromatic amines is 1. The molecule has 3 aromatic rings. The van der Waals surface area contributed by atoms with Gasteiger partial charge in [0.25, 0.3) is 23.6 Å². The molecule has 152 valence electrons. The molecule has 3 heterocycles. The summed E-state index contributed by atoms with van der Waals surface area (Å²) in [5.41, 5.74) is 1.23. The number of benzene rings is 2. The summed E-state index contributed by atoms with van der Waals surface area (Å²) in [6, 6.07) is 12.9. The van der Waals surface area contributed by atoms with Crippen LogP contribution in [-0.2, 0) is 0 Å². The van der Waals surface area contributed by atoms with Gasteiger partial charge in [-0.25, -0.2) is 9.88 Å². The lowest BCUT2D eigenvalue weighted by molar-refractivity contribution is 0.0648. The molecule has 0 bridgehead atoms. The van der Waals surface area contributed by atoms with Gasteiger partial charge in [-0.1, -0.05) is 24.3 Å². The maximum absolute atomic E-state index is 12.6. The van der Waals surface area contributed by atoms with Crippen molar-refractivity contribution in [3.05, 3.63) is 82.7 Å². The van der Waals surface area contributed by atoms with E-state index >= 15 is 0 Å². The summed E-state index contributed by atoms with van der Waals surface area (Å²) in [5, 5.41) is 0. The van der Waals surface area contributed by atoms with Gasteiger partial charge in [0.15, 0.2) is 5.78 Å². The van der Waals surface area contributed by atoms with E-state index in [4.69, 9.17) is 0 Å². The van der Waals surface area contributed by atoms with Crippen molar-refractivity contribution in [2.45, 2.75) is 6.42 Å². The van der Waals surface area contributed by atoms with E-state index in [1.54, 1.807) is 48.5 Å². The highest BCUT2D eigenvalue weighted by atomic mass is 16.2. The number of ketones is 1. The number of hydrogen-bond acceptors (Lipinski definition) is 6. The van der Waals surface area contributed by atoms with Gasteiger partial charge in [0.1, 0.15) is 5.69 Å². The normalized spacial score (nSPS) is 15.0. The number of fused-ring (bicyclic) bond motifs is 2. The number of imidazole rings is 1. The number of anilines is 1. The summed E-state index contributed by atoms with van der Waals surface area (Å²) in [6.45, 7) is -0.0907. The first-order chi connectivity index (χ1) is 15.0. The highest BCUT2D eigenvalue weighted by Crippen LogP contribution is 2.27. The topological polar surface area (TPSA) is 121 Å². The van der Waals surface area contributed by atoms with Crippen LogP contribution in [0.4, 0.5) is 5.95 Å². The van der Waals surface area contributed by atoms with Gasteiger partial charge in [0, 0.05) is 13.0 Å². The highest BCUT2D eigenvalue weighted by Gasteiger charge is 2.38. The molecule has 9 nitrogen and oxygen atoms in total. The van der Waals surface area contributed by atoms with Gasteiger partial charge in [0.2, 0.25) is 5.95 Å². The Balaban J connectivity index is 1.30. The fourth-order valence-corrected chi connectivity index (χ4v) is 3.74. The van der Waals surface area contributed by atoms with Crippen molar-refractivity contribution >= 4 is 35.4 Å². The lowest BCUT2D eigenvalue weighted by Crippen LogP contribution is -2.32. The van der Waals surface area contributed by atoms with Crippen LogP contribution in [0.5, 0.6) is 0 Å². The Bertz CT molecular complexity index is 1240. The molecule has 9 heteroatoms. The second-order valence-corrected chi connectivity index (χ2v) is 7.09. The summed E-state index contributed by atoms with van der Waals surface area (Å²) in [4.78, 5) is 71.1. The van der Waals surface area contributed by atoms with Gasteiger partial charge < -0.3 is 4.98 Å². The van der Waals surface area contributed by atoms with Crippen LogP contribution < -0.4 is 4.90 Å². The molecule has 2 aliphatic heterocycles. The van der Waals surface area contributed by atoms with Crippen molar-refractivity contribution in [1.29, 1.82) is 0 Å². The maximum atomic E-state index is 12.6. The minimum Gasteiger partial charge on any atom is -0.321 e. The van der Waals surface area contributed by atoms with Crippen LogP contribution in [-0.4, -0.2) is 50.8 Å². The van der Waals surface area contributed by atoms with Crippen LogP contribution in [0.2, 0.25) is 0 Å². The number of nitrogens with zero attached hydrogens (tertiary/aromatic N) is 3. The van der Waals surface area contributed by atoms with Crippen molar-refractivity contribution in [3.63, 3.8) is 0 Å². The van der Waals surface area contributed by atoms with E-state index in [9.17, 15) is 24.0 Å². The fraction of sp³-hybridized carbons (Fsp3) is 0.0909. The fourth-order valence-electron chi connectivity index (χ4n) is 3.74. The minimum atomic E-state index is -0.528. The van der Waals surface area contributed by atoms with E-state index in [-0.39, 0.29) is 35.7 Å². The Kier molecular flexibility index (Phi) is 4.11. The number of H-pyrrole nitrogens is 1. The SMILES string of the molecule is O=C(CCN1C(=O)c2ccccc2C1=O)c1cnc(N2C(=O)c3ccccc3C2=O)[nH]1. The van der Waals surface area contributed by atoms with Gasteiger partial charge in [-0.3, -0.25) is 28.9 Å². The average molecular weight is 414 g/mol. The van der Waals surface area contributed by atoms with Crippen molar-refractivity contribution < 1.29 is 24.0 Å². The molecule has 1 N–H and O–H groups in total. The lowest BCUT2D eigenvalue weighted by atomic mass is 10.1. The Hall–Kier alpha value is -4.40.